The second-order valence-corrected chi connectivity index (χ2v) is 5.28. The van der Waals surface area contributed by atoms with Gasteiger partial charge in [0.15, 0.2) is 0 Å². The maximum Gasteiger partial charge on any atom is 0.0596 e. The fourth-order valence-corrected chi connectivity index (χ4v) is 2.71. The lowest BCUT2D eigenvalue weighted by Gasteiger charge is -2.19. The van der Waals surface area contributed by atoms with Gasteiger partial charge in [-0.3, -0.25) is 9.80 Å². The molecule has 0 bridgehead atoms. The van der Waals surface area contributed by atoms with Crippen molar-refractivity contribution in [3.8, 4) is 12.3 Å². The van der Waals surface area contributed by atoms with Crippen LogP contribution in [0.5, 0.6) is 0 Å². The van der Waals surface area contributed by atoms with Crippen molar-refractivity contribution in [1.82, 2.24) is 9.80 Å². The molecule has 2 heteroatoms. The number of nitrogens with zero attached hydrogens (tertiary/aromatic N) is 2. The van der Waals surface area contributed by atoms with Gasteiger partial charge in [0.1, 0.15) is 0 Å². The van der Waals surface area contributed by atoms with Crippen LogP contribution in [0, 0.1) is 18.3 Å². The molecule has 1 heterocycles. The first-order valence-corrected chi connectivity index (χ1v) is 6.66. The number of hydrogen-bond donors (Lipinski definition) is 0. The van der Waals surface area contributed by atoms with E-state index in [9.17, 15) is 0 Å². The second kappa shape index (κ2) is 6.58. The van der Waals surface area contributed by atoms with Gasteiger partial charge < -0.3 is 0 Å². The summed E-state index contributed by atoms with van der Waals surface area (Å²) < 4.78 is 0. The van der Waals surface area contributed by atoms with Gasteiger partial charge in [-0.05, 0) is 31.5 Å². The van der Waals surface area contributed by atoms with Crippen molar-refractivity contribution in [2.45, 2.75) is 13.0 Å². The standard InChI is InChI=1S/C16H22N2/c1-3-10-17(2)12-16-9-11-18(14-16)13-15-7-5-4-6-8-15/h1,4-8,16H,9-14H2,2H3/t16-/m0/s1. The van der Waals surface area contributed by atoms with Crippen LogP contribution in [0.25, 0.3) is 0 Å². The van der Waals surface area contributed by atoms with Gasteiger partial charge in [0.2, 0.25) is 0 Å². The predicted octanol–water partition coefficient (Wildman–Crippen LogP) is 2.07. The van der Waals surface area contributed by atoms with Crippen LogP contribution in [0.3, 0.4) is 0 Å². The van der Waals surface area contributed by atoms with E-state index in [0.29, 0.717) is 0 Å². The summed E-state index contributed by atoms with van der Waals surface area (Å²) in [5, 5.41) is 0. The van der Waals surface area contributed by atoms with E-state index in [1.807, 2.05) is 0 Å². The number of benzene rings is 1. The average molecular weight is 242 g/mol. The summed E-state index contributed by atoms with van der Waals surface area (Å²) in [7, 11) is 2.11. The fourth-order valence-electron chi connectivity index (χ4n) is 2.71. The highest BCUT2D eigenvalue weighted by Gasteiger charge is 2.23. The van der Waals surface area contributed by atoms with E-state index in [1.54, 1.807) is 0 Å². The lowest BCUT2D eigenvalue weighted by Crippen LogP contribution is -2.28. The zero-order valence-electron chi connectivity index (χ0n) is 11.2. The van der Waals surface area contributed by atoms with Gasteiger partial charge in [-0.15, -0.1) is 6.42 Å². The highest BCUT2D eigenvalue weighted by Crippen LogP contribution is 2.19. The van der Waals surface area contributed by atoms with Gasteiger partial charge in [0.25, 0.3) is 0 Å². The van der Waals surface area contributed by atoms with Crippen LogP contribution in [0.2, 0.25) is 0 Å². The van der Waals surface area contributed by atoms with Crippen LogP contribution in [-0.2, 0) is 6.54 Å². The topological polar surface area (TPSA) is 6.48 Å². The van der Waals surface area contributed by atoms with Crippen LogP contribution < -0.4 is 0 Å². The molecule has 0 amide bonds. The minimum Gasteiger partial charge on any atom is -0.299 e. The molecule has 1 saturated heterocycles. The smallest absolute Gasteiger partial charge is 0.0596 e. The van der Waals surface area contributed by atoms with Crippen molar-refractivity contribution < 1.29 is 0 Å². The number of terminal acetylenes is 1. The van der Waals surface area contributed by atoms with Crippen LogP contribution in [0.15, 0.2) is 30.3 Å². The summed E-state index contributed by atoms with van der Waals surface area (Å²) in [6.07, 6.45) is 6.62. The van der Waals surface area contributed by atoms with E-state index in [2.05, 4.69) is 53.1 Å². The molecule has 1 fully saturated rings. The highest BCUT2D eigenvalue weighted by molar-refractivity contribution is 5.14. The Balaban J connectivity index is 1.77. The molecule has 1 aliphatic heterocycles. The van der Waals surface area contributed by atoms with Crippen molar-refractivity contribution in [2.24, 2.45) is 5.92 Å². The number of rotatable bonds is 5. The Hall–Kier alpha value is -1.30. The molecule has 0 saturated carbocycles. The Morgan fingerprint density at radius 2 is 2.17 bits per heavy atom. The van der Waals surface area contributed by atoms with E-state index in [4.69, 9.17) is 6.42 Å². The SMILES string of the molecule is C#CCN(C)C[C@@H]1CCN(Cc2ccccc2)C1. The monoisotopic (exact) mass is 242 g/mol. The normalized spacial score (nSPS) is 20.2. The Kier molecular flexibility index (Phi) is 4.81. The lowest BCUT2D eigenvalue weighted by molar-refractivity contribution is 0.276. The lowest BCUT2D eigenvalue weighted by atomic mass is 10.1. The third-order valence-electron chi connectivity index (χ3n) is 3.55. The molecule has 1 atom stereocenters. The van der Waals surface area contributed by atoms with Crippen molar-refractivity contribution in [2.75, 3.05) is 33.2 Å². The minimum atomic E-state index is 0.759. The largest absolute Gasteiger partial charge is 0.299 e. The Morgan fingerprint density at radius 1 is 1.39 bits per heavy atom. The summed E-state index contributed by atoms with van der Waals surface area (Å²) in [6.45, 7) is 5.37. The molecule has 96 valence electrons. The number of likely N-dealkylation sites (tertiary alicyclic amines) is 1. The quantitative estimate of drug-likeness (QED) is 0.729. The maximum atomic E-state index is 5.33. The predicted molar refractivity (Wildman–Crippen MR) is 76.2 cm³/mol. The molecule has 1 aliphatic rings. The number of hydrogen-bond acceptors (Lipinski definition) is 2. The summed E-state index contributed by atoms with van der Waals surface area (Å²) in [6, 6.07) is 10.7. The summed E-state index contributed by atoms with van der Waals surface area (Å²) in [4.78, 5) is 4.79. The van der Waals surface area contributed by atoms with Crippen LogP contribution >= 0.6 is 0 Å². The van der Waals surface area contributed by atoms with Gasteiger partial charge in [0, 0.05) is 19.6 Å². The second-order valence-electron chi connectivity index (χ2n) is 5.28. The molecule has 0 radical (unpaired) electrons. The fraction of sp³-hybridized carbons (Fsp3) is 0.500. The third-order valence-corrected chi connectivity index (χ3v) is 3.55. The first kappa shape index (κ1) is 13.1. The Labute approximate surface area is 111 Å². The highest BCUT2D eigenvalue weighted by atomic mass is 15.2. The van der Waals surface area contributed by atoms with Crippen molar-refractivity contribution in [3.05, 3.63) is 35.9 Å². The molecule has 0 spiro atoms. The average Bonchev–Trinajstić information content (AvgIpc) is 2.78. The van der Waals surface area contributed by atoms with Gasteiger partial charge in [-0.2, -0.15) is 0 Å². The van der Waals surface area contributed by atoms with Crippen molar-refractivity contribution in [3.63, 3.8) is 0 Å². The molecule has 2 rings (SSSR count). The molecule has 0 aliphatic carbocycles. The molecule has 18 heavy (non-hydrogen) atoms. The van der Waals surface area contributed by atoms with E-state index in [-0.39, 0.29) is 0 Å². The first-order valence-electron chi connectivity index (χ1n) is 6.66. The van der Waals surface area contributed by atoms with Gasteiger partial charge in [-0.1, -0.05) is 36.3 Å². The van der Waals surface area contributed by atoms with Crippen molar-refractivity contribution >= 4 is 0 Å². The molecule has 2 nitrogen and oxygen atoms in total. The van der Waals surface area contributed by atoms with E-state index in [0.717, 1.165) is 25.6 Å². The molecular weight excluding hydrogens is 220 g/mol. The summed E-state index contributed by atoms with van der Waals surface area (Å²) in [5.41, 5.74) is 1.41. The van der Waals surface area contributed by atoms with Gasteiger partial charge in [0.05, 0.1) is 6.54 Å². The molecule has 0 aromatic heterocycles. The van der Waals surface area contributed by atoms with E-state index < -0.39 is 0 Å². The van der Waals surface area contributed by atoms with Crippen LogP contribution in [-0.4, -0.2) is 43.0 Å². The van der Waals surface area contributed by atoms with Gasteiger partial charge >= 0.3 is 0 Å². The Bertz CT molecular complexity index is 393. The molecule has 1 aromatic rings. The van der Waals surface area contributed by atoms with Gasteiger partial charge in [-0.25, -0.2) is 0 Å². The zero-order chi connectivity index (χ0) is 12.8. The van der Waals surface area contributed by atoms with E-state index >= 15 is 0 Å². The van der Waals surface area contributed by atoms with Crippen molar-refractivity contribution in [1.29, 1.82) is 0 Å². The maximum absolute atomic E-state index is 5.33. The minimum absolute atomic E-state index is 0.759. The Morgan fingerprint density at radius 3 is 2.89 bits per heavy atom. The molecule has 0 N–H and O–H groups in total. The first-order chi connectivity index (χ1) is 8.78. The molecule has 0 unspecified atom stereocenters. The molecule has 1 aromatic carbocycles. The van der Waals surface area contributed by atoms with E-state index in [1.165, 1.54) is 25.1 Å². The zero-order valence-corrected chi connectivity index (χ0v) is 11.2. The third kappa shape index (κ3) is 3.87. The molecular formula is C16H22N2. The van der Waals surface area contributed by atoms with Crippen LogP contribution in [0.4, 0.5) is 0 Å². The summed E-state index contributed by atoms with van der Waals surface area (Å²) in [5.74, 6) is 3.48. The van der Waals surface area contributed by atoms with Crippen LogP contribution in [0.1, 0.15) is 12.0 Å². The summed E-state index contributed by atoms with van der Waals surface area (Å²) >= 11 is 0.